The molecule has 7 heteroatoms. The average Bonchev–Trinajstić information content (AvgIpc) is 3.15. The van der Waals surface area contributed by atoms with E-state index in [1.165, 1.54) is 23.4 Å². The first-order valence-corrected chi connectivity index (χ1v) is 13.7. The van der Waals surface area contributed by atoms with Crippen LogP contribution in [0.1, 0.15) is 35.7 Å². The van der Waals surface area contributed by atoms with Gasteiger partial charge in [0.15, 0.2) is 0 Å². The average molecular weight is 483 g/mol. The molecule has 180 valence electrons. The molecule has 0 aliphatic heterocycles. The van der Waals surface area contributed by atoms with Gasteiger partial charge in [0.05, 0.1) is 5.75 Å². The molecule has 0 spiro atoms. The lowest BCUT2D eigenvalue weighted by Gasteiger charge is -2.13. The van der Waals surface area contributed by atoms with Crippen molar-refractivity contribution in [2.45, 2.75) is 39.7 Å². The third kappa shape index (κ3) is 6.14. The van der Waals surface area contributed by atoms with E-state index in [0.29, 0.717) is 30.3 Å². The Morgan fingerprint density at radius 3 is 2.65 bits per heavy atom. The van der Waals surface area contributed by atoms with Gasteiger partial charge in [0, 0.05) is 29.6 Å². The third-order valence-corrected chi connectivity index (χ3v) is 7.18. The van der Waals surface area contributed by atoms with Crippen LogP contribution in [-0.4, -0.2) is 32.0 Å². The first kappa shape index (κ1) is 24.2. The number of aryl methyl sites for hydroxylation is 1. The molecule has 1 aliphatic rings. The maximum absolute atomic E-state index is 14.5. The van der Waals surface area contributed by atoms with Crippen molar-refractivity contribution in [2.24, 2.45) is 5.92 Å². The van der Waals surface area contributed by atoms with Crippen LogP contribution in [0, 0.1) is 18.7 Å². The highest BCUT2D eigenvalue weighted by Crippen LogP contribution is 2.30. The summed E-state index contributed by atoms with van der Waals surface area (Å²) < 4.78 is 43.0. The number of hydrogen-bond acceptors (Lipinski definition) is 5. The van der Waals surface area contributed by atoms with Gasteiger partial charge in [0.1, 0.15) is 33.8 Å². The molecule has 3 aromatic rings. The minimum Gasteiger partial charge on any atom is -0.489 e. The van der Waals surface area contributed by atoms with E-state index in [1.54, 1.807) is 6.07 Å². The van der Waals surface area contributed by atoms with Crippen LogP contribution < -0.4 is 10.1 Å². The van der Waals surface area contributed by atoms with Crippen molar-refractivity contribution < 1.29 is 17.5 Å². The third-order valence-electron chi connectivity index (χ3n) is 6.15. The number of ether oxygens (including phenoxy) is 1. The molecule has 0 radical (unpaired) electrons. The maximum atomic E-state index is 14.5. The normalized spacial score (nSPS) is 15.2. The van der Waals surface area contributed by atoms with Gasteiger partial charge in [-0.1, -0.05) is 19.1 Å². The van der Waals surface area contributed by atoms with Crippen molar-refractivity contribution in [1.82, 2.24) is 4.98 Å². The number of nitrogens with one attached hydrogen (secondary N) is 1. The van der Waals surface area contributed by atoms with E-state index in [1.807, 2.05) is 31.2 Å². The van der Waals surface area contributed by atoms with Crippen molar-refractivity contribution in [3.8, 4) is 16.9 Å². The molecule has 1 aromatic heterocycles. The fourth-order valence-corrected chi connectivity index (χ4v) is 5.10. The molecule has 1 heterocycles. The molecule has 1 N–H and O–H groups in total. The summed E-state index contributed by atoms with van der Waals surface area (Å²) in [6.07, 6.45) is 3.92. The molecule has 2 aromatic carbocycles. The highest BCUT2D eigenvalue weighted by atomic mass is 32.2. The fourth-order valence-electron chi connectivity index (χ4n) is 4.43. The summed E-state index contributed by atoms with van der Waals surface area (Å²) in [5.41, 5.74) is 5.79. The minimum atomic E-state index is -2.97. The van der Waals surface area contributed by atoms with Crippen molar-refractivity contribution in [3.63, 3.8) is 0 Å². The first-order valence-electron chi connectivity index (χ1n) is 11.6. The van der Waals surface area contributed by atoms with E-state index in [0.717, 1.165) is 35.4 Å². The van der Waals surface area contributed by atoms with Gasteiger partial charge >= 0.3 is 0 Å². The van der Waals surface area contributed by atoms with E-state index in [9.17, 15) is 12.8 Å². The Kier molecular flexibility index (Phi) is 7.22. The van der Waals surface area contributed by atoms with Gasteiger partial charge in [-0.15, -0.1) is 0 Å². The summed E-state index contributed by atoms with van der Waals surface area (Å²) in [4.78, 5) is 4.58. The van der Waals surface area contributed by atoms with Crippen LogP contribution >= 0.6 is 0 Å². The van der Waals surface area contributed by atoms with Crippen molar-refractivity contribution in [1.29, 1.82) is 0 Å². The topological polar surface area (TPSA) is 68.3 Å². The summed E-state index contributed by atoms with van der Waals surface area (Å²) in [6, 6.07) is 15.0. The number of hydrogen-bond donors (Lipinski definition) is 1. The van der Waals surface area contributed by atoms with Crippen LogP contribution in [0.5, 0.6) is 5.75 Å². The van der Waals surface area contributed by atoms with Crippen molar-refractivity contribution in [3.05, 3.63) is 76.7 Å². The van der Waals surface area contributed by atoms with Gasteiger partial charge in [0.2, 0.25) is 0 Å². The van der Waals surface area contributed by atoms with Crippen LogP contribution in [-0.2, 0) is 29.3 Å². The molecule has 1 unspecified atom stereocenters. The van der Waals surface area contributed by atoms with Gasteiger partial charge < -0.3 is 10.1 Å². The number of anilines is 1. The fraction of sp³-hybridized carbons (Fsp3) is 0.370. The summed E-state index contributed by atoms with van der Waals surface area (Å²) >= 11 is 0. The smallest absolute Gasteiger partial charge is 0.147 e. The van der Waals surface area contributed by atoms with Crippen LogP contribution in [0.3, 0.4) is 0 Å². The Morgan fingerprint density at radius 2 is 1.88 bits per heavy atom. The van der Waals surface area contributed by atoms with E-state index >= 15 is 0 Å². The zero-order valence-corrected chi connectivity index (χ0v) is 20.7. The van der Waals surface area contributed by atoms with E-state index < -0.39 is 9.84 Å². The van der Waals surface area contributed by atoms with E-state index in [-0.39, 0.29) is 18.2 Å². The summed E-state index contributed by atoms with van der Waals surface area (Å²) in [6.45, 7) is 4.83. The maximum Gasteiger partial charge on any atom is 0.147 e. The predicted molar refractivity (Wildman–Crippen MR) is 135 cm³/mol. The molecule has 34 heavy (non-hydrogen) atoms. The summed E-state index contributed by atoms with van der Waals surface area (Å²) in [5, 5.41) is 3.16. The SMILES string of the molecule is Cc1nc(NCCCS(C)(=O)=O)ccc1-c1ccc(F)c(COc2ccc3c(c2)CC(C)C3)c1. The largest absolute Gasteiger partial charge is 0.489 e. The molecule has 0 fully saturated rings. The molecular weight excluding hydrogens is 451 g/mol. The number of aromatic nitrogens is 1. The number of pyridine rings is 1. The van der Waals surface area contributed by atoms with Gasteiger partial charge in [-0.2, -0.15) is 0 Å². The van der Waals surface area contributed by atoms with Gasteiger partial charge in [-0.05, 0) is 85.2 Å². The molecule has 0 saturated carbocycles. The highest BCUT2D eigenvalue weighted by molar-refractivity contribution is 7.90. The second kappa shape index (κ2) is 10.1. The zero-order valence-electron chi connectivity index (χ0n) is 19.9. The van der Waals surface area contributed by atoms with Crippen LogP contribution in [0.4, 0.5) is 10.2 Å². The summed E-state index contributed by atoms with van der Waals surface area (Å²) in [7, 11) is -2.97. The number of fused-ring (bicyclic) bond motifs is 1. The molecule has 0 bridgehead atoms. The molecule has 4 rings (SSSR count). The molecule has 0 saturated heterocycles. The monoisotopic (exact) mass is 482 g/mol. The lowest BCUT2D eigenvalue weighted by atomic mass is 10.0. The lowest BCUT2D eigenvalue weighted by molar-refractivity contribution is 0.299. The second-order valence-corrected chi connectivity index (χ2v) is 11.5. The molecule has 1 atom stereocenters. The lowest BCUT2D eigenvalue weighted by Crippen LogP contribution is -2.10. The zero-order chi connectivity index (χ0) is 24.3. The Labute approximate surface area is 201 Å². The Bertz CT molecular complexity index is 1290. The highest BCUT2D eigenvalue weighted by Gasteiger charge is 2.18. The number of sulfone groups is 1. The van der Waals surface area contributed by atoms with Crippen LogP contribution in [0.15, 0.2) is 48.5 Å². The van der Waals surface area contributed by atoms with Crippen molar-refractivity contribution in [2.75, 3.05) is 23.9 Å². The Hall–Kier alpha value is -2.93. The number of halogens is 1. The summed E-state index contributed by atoms with van der Waals surface area (Å²) in [5.74, 6) is 1.95. The number of nitrogens with zero attached hydrogens (tertiary/aromatic N) is 1. The molecular formula is C27H31FN2O3S. The Morgan fingerprint density at radius 1 is 1.09 bits per heavy atom. The Balaban J connectivity index is 1.43. The predicted octanol–water partition coefficient (Wildman–Crippen LogP) is 5.36. The number of benzene rings is 2. The van der Waals surface area contributed by atoms with Crippen molar-refractivity contribution >= 4 is 15.7 Å². The molecule has 1 aliphatic carbocycles. The second-order valence-electron chi connectivity index (χ2n) is 9.28. The van der Waals surface area contributed by atoms with Crippen LogP contribution in [0.25, 0.3) is 11.1 Å². The standard InChI is InChI=1S/C27H31FN2O3S/c1-18-13-20-5-7-24(16-22(20)14-18)33-17-23-15-21(6-9-26(23)28)25-8-10-27(30-19(25)2)29-11-4-12-34(3,31)32/h5-10,15-16,18H,4,11-14,17H2,1-3H3,(H,29,30). The van der Waals surface area contributed by atoms with Gasteiger partial charge in [0.25, 0.3) is 0 Å². The van der Waals surface area contributed by atoms with Gasteiger partial charge in [-0.3, -0.25) is 0 Å². The van der Waals surface area contributed by atoms with Crippen LogP contribution in [0.2, 0.25) is 0 Å². The van der Waals surface area contributed by atoms with E-state index in [2.05, 4.69) is 29.4 Å². The first-order chi connectivity index (χ1) is 16.2. The van der Waals surface area contributed by atoms with Gasteiger partial charge in [-0.25, -0.2) is 17.8 Å². The molecule has 0 amide bonds. The quantitative estimate of drug-likeness (QED) is 0.416. The molecule has 5 nitrogen and oxygen atoms in total. The number of rotatable bonds is 9. The van der Waals surface area contributed by atoms with E-state index in [4.69, 9.17) is 4.74 Å². The minimum absolute atomic E-state index is 0.141.